The molecule has 0 spiro atoms. The zero-order valence-corrected chi connectivity index (χ0v) is 18.4. The van der Waals surface area contributed by atoms with Crippen molar-refractivity contribution in [2.24, 2.45) is 0 Å². The average molecular weight is 438 g/mol. The van der Waals surface area contributed by atoms with E-state index in [-0.39, 0.29) is 12.5 Å². The molecular weight excluding hydrogens is 408 g/mol. The summed E-state index contributed by atoms with van der Waals surface area (Å²) in [6, 6.07) is 4.95. The molecule has 0 aliphatic heterocycles. The van der Waals surface area contributed by atoms with Crippen molar-refractivity contribution >= 4 is 29.6 Å². The minimum atomic E-state index is -1.74. The molecule has 31 heavy (non-hydrogen) atoms. The fourth-order valence-electron chi connectivity index (χ4n) is 2.49. The van der Waals surface area contributed by atoms with Gasteiger partial charge in [0, 0.05) is 12.1 Å². The van der Waals surface area contributed by atoms with Crippen LogP contribution in [-0.4, -0.2) is 53.9 Å². The number of carbonyl (C=O) groups is 4. The minimum absolute atomic E-state index is 0.138. The van der Waals surface area contributed by atoms with Crippen LogP contribution in [0.3, 0.4) is 0 Å². The zero-order valence-electron chi connectivity index (χ0n) is 18.4. The highest BCUT2D eigenvalue weighted by molar-refractivity contribution is 5.90. The highest BCUT2D eigenvalue weighted by Gasteiger charge is 2.38. The van der Waals surface area contributed by atoms with Crippen molar-refractivity contribution in [3.05, 3.63) is 29.8 Å². The fraction of sp³-hybridized carbons (Fsp3) is 0.524. The number of anilines is 1. The lowest BCUT2D eigenvalue weighted by Gasteiger charge is -2.25. The number of hydrogen-bond acceptors (Lipinski definition) is 7. The van der Waals surface area contributed by atoms with Crippen molar-refractivity contribution in [3.8, 4) is 0 Å². The van der Waals surface area contributed by atoms with Crippen molar-refractivity contribution in [1.29, 1.82) is 0 Å². The van der Waals surface area contributed by atoms with E-state index in [1.165, 1.54) is 0 Å². The third kappa shape index (κ3) is 9.47. The third-order valence-electron chi connectivity index (χ3n) is 3.79. The van der Waals surface area contributed by atoms with Crippen LogP contribution in [0.4, 0.5) is 10.5 Å². The number of carboxylic acid groups (broad SMARTS) is 1. The van der Waals surface area contributed by atoms with Crippen molar-refractivity contribution in [2.45, 2.75) is 64.9 Å². The summed E-state index contributed by atoms with van der Waals surface area (Å²) in [5.74, 6) is -2.61. The van der Waals surface area contributed by atoms with E-state index >= 15 is 0 Å². The Morgan fingerprint density at radius 2 is 1.84 bits per heavy atom. The lowest BCUT2D eigenvalue weighted by atomic mass is 10.1. The molecule has 0 bridgehead atoms. The molecule has 0 aliphatic carbocycles. The highest BCUT2D eigenvalue weighted by Crippen LogP contribution is 2.15. The van der Waals surface area contributed by atoms with E-state index in [0.717, 1.165) is 7.11 Å². The van der Waals surface area contributed by atoms with Crippen LogP contribution in [0.15, 0.2) is 24.3 Å². The Kier molecular flexibility index (Phi) is 9.94. The predicted octanol–water partition coefficient (Wildman–Crippen LogP) is 2.46. The number of carbonyl (C=O) groups excluding carboxylic acids is 3. The molecule has 0 radical (unpaired) electrons. The Labute approximate surface area is 181 Å². The molecule has 0 aromatic heterocycles. The number of aliphatic carboxylic acids is 1. The normalized spacial score (nSPS) is 12.9. The number of methoxy groups -OCH3 is 1. The van der Waals surface area contributed by atoms with Gasteiger partial charge in [0.2, 0.25) is 5.91 Å². The van der Waals surface area contributed by atoms with Gasteiger partial charge >= 0.3 is 18.0 Å². The van der Waals surface area contributed by atoms with E-state index < -0.39 is 35.8 Å². The molecular formula is C21H30N2O8. The smallest absolute Gasteiger partial charge is 0.408 e. The van der Waals surface area contributed by atoms with E-state index in [0.29, 0.717) is 24.1 Å². The molecule has 3 N–H and O–H groups in total. The largest absolute Gasteiger partial charge is 0.480 e. The topological polar surface area (TPSA) is 140 Å². The van der Waals surface area contributed by atoms with Gasteiger partial charge in [0.1, 0.15) is 5.60 Å². The third-order valence-corrected chi connectivity index (χ3v) is 3.79. The standard InChI is InChI=1S/C21H30N2O8/c1-6-8-15(24)22-14-10-7-9-13(11-14)12-30-17(19(27)29-5)16(18(25)26)23-20(28)31-21(2,3)4/h7,9-11,16-17H,6,8,12H2,1-5H3,(H,22,24)(H,23,28)(H,25,26)/t16-,17+/m0/s1. The first-order valence-corrected chi connectivity index (χ1v) is 9.77. The molecule has 1 rings (SSSR count). The van der Waals surface area contributed by atoms with Crippen molar-refractivity contribution < 1.29 is 38.5 Å². The van der Waals surface area contributed by atoms with Gasteiger partial charge in [-0.1, -0.05) is 19.1 Å². The SMILES string of the molecule is CCCC(=O)Nc1cccc(CO[C@@H](C(=O)OC)[C@H](NC(=O)OC(C)(C)C)C(=O)O)c1. The first kappa shape index (κ1) is 25.9. The predicted molar refractivity (Wildman–Crippen MR) is 111 cm³/mol. The second-order valence-corrected chi connectivity index (χ2v) is 7.72. The molecule has 10 nitrogen and oxygen atoms in total. The maximum absolute atomic E-state index is 12.2. The van der Waals surface area contributed by atoms with Crippen LogP contribution in [-0.2, 0) is 35.2 Å². The molecule has 2 amide bonds. The van der Waals surface area contributed by atoms with Gasteiger partial charge < -0.3 is 30.0 Å². The minimum Gasteiger partial charge on any atom is -0.480 e. The molecule has 0 fully saturated rings. The molecule has 0 unspecified atom stereocenters. The number of rotatable bonds is 10. The number of amides is 2. The summed E-state index contributed by atoms with van der Waals surface area (Å²) in [5, 5.41) is 14.4. The Morgan fingerprint density at radius 1 is 1.16 bits per heavy atom. The Bertz CT molecular complexity index is 788. The maximum atomic E-state index is 12.2. The molecule has 1 aromatic carbocycles. The summed E-state index contributed by atoms with van der Waals surface area (Å²) >= 11 is 0. The van der Waals surface area contributed by atoms with Gasteiger partial charge in [0.25, 0.3) is 0 Å². The summed E-state index contributed by atoms with van der Waals surface area (Å²) in [6.45, 7) is 6.56. The zero-order chi connectivity index (χ0) is 23.6. The maximum Gasteiger partial charge on any atom is 0.408 e. The second-order valence-electron chi connectivity index (χ2n) is 7.72. The van der Waals surface area contributed by atoms with Gasteiger partial charge in [-0.2, -0.15) is 0 Å². The van der Waals surface area contributed by atoms with Crippen molar-refractivity contribution in [2.75, 3.05) is 12.4 Å². The molecule has 10 heteroatoms. The van der Waals surface area contributed by atoms with Gasteiger partial charge in [-0.3, -0.25) is 4.79 Å². The number of alkyl carbamates (subject to hydrolysis) is 1. The Morgan fingerprint density at radius 3 is 2.39 bits per heavy atom. The number of esters is 1. The second kappa shape index (κ2) is 11.9. The van der Waals surface area contributed by atoms with E-state index in [2.05, 4.69) is 15.4 Å². The number of ether oxygens (including phenoxy) is 3. The van der Waals surface area contributed by atoms with Crippen LogP contribution in [0.25, 0.3) is 0 Å². The summed E-state index contributed by atoms with van der Waals surface area (Å²) in [7, 11) is 1.08. The molecule has 1 aromatic rings. The Balaban J connectivity index is 2.94. The Hall–Kier alpha value is -3.14. The van der Waals surface area contributed by atoms with Gasteiger partial charge in [0.15, 0.2) is 12.1 Å². The first-order valence-electron chi connectivity index (χ1n) is 9.77. The quantitative estimate of drug-likeness (QED) is 0.473. The van der Waals surface area contributed by atoms with E-state index in [1.807, 2.05) is 6.92 Å². The summed E-state index contributed by atoms with van der Waals surface area (Å²) in [5.41, 5.74) is 0.248. The number of hydrogen-bond donors (Lipinski definition) is 3. The molecule has 2 atom stereocenters. The number of carboxylic acids is 1. The van der Waals surface area contributed by atoms with Gasteiger partial charge in [-0.05, 0) is 44.9 Å². The summed E-state index contributed by atoms with van der Waals surface area (Å²) < 4.78 is 15.2. The van der Waals surface area contributed by atoms with Crippen LogP contribution in [0, 0.1) is 0 Å². The summed E-state index contributed by atoms with van der Waals surface area (Å²) in [6.07, 6.45) is -1.57. The molecule has 0 heterocycles. The van der Waals surface area contributed by atoms with Crippen LogP contribution in [0.2, 0.25) is 0 Å². The highest BCUT2D eigenvalue weighted by atomic mass is 16.6. The lowest BCUT2D eigenvalue weighted by molar-refractivity contribution is -0.163. The van der Waals surface area contributed by atoms with Gasteiger partial charge in [-0.25, -0.2) is 14.4 Å². The molecule has 0 saturated heterocycles. The summed E-state index contributed by atoms with van der Waals surface area (Å²) in [4.78, 5) is 47.7. The molecule has 0 saturated carbocycles. The monoisotopic (exact) mass is 438 g/mol. The van der Waals surface area contributed by atoms with Gasteiger partial charge in [-0.15, -0.1) is 0 Å². The van der Waals surface area contributed by atoms with Crippen molar-refractivity contribution in [1.82, 2.24) is 5.32 Å². The van der Waals surface area contributed by atoms with Crippen LogP contribution in [0.1, 0.15) is 46.1 Å². The molecule has 172 valence electrons. The fourth-order valence-corrected chi connectivity index (χ4v) is 2.49. The first-order chi connectivity index (χ1) is 14.5. The molecule has 0 aliphatic rings. The van der Waals surface area contributed by atoms with Crippen LogP contribution in [0.5, 0.6) is 0 Å². The van der Waals surface area contributed by atoms with Crippen LogP contribution < -0.4 is 10.6 Å². The number of nitrogens with one attached hydrogen (secondary N) is 2. The lowest BCUT2D eigenvalue weighted by Crippen LogP contribution is -2.54. The van der Waals surface area contributed by atoms with E-state index in [9.17, 15) is 24.3 Å². The van der Waals surface area contributed by atoms with Crippen LogP contribution >= 0.6 is 0 Å². The van der Waals surface area contributed by atoms with Crippen molar-refractivity contribution in [3.63, 3.8) is 0 Å². The number of benzene rings is 1. The van der Waals surface area contributed by atoms with E-state index in [4.69, 9.17) is 9.47 Å². The van der Waals surface area contributed by atoms with Gasteiger partial charge in [0.05, 0.1) is 13.7 Å². The average Bonchev–Trinajstić information content (AvgIpc) is 2.65. The van der Waals surface area contributed by atoms with E-state index in [1.54, 1.807) is 45.0 Å².